The van der Waals surface area contributed by atoms with Gasteiger partial charge in [0.15, 0.2) is 0 Å². The van der Waals surface area contributed by atoms with Crippen LogP contribution < -0.4 is 5.32 Å². The fraction of sp³-hybridized carbons (Fsp3) is 0.636. The smallest absolute Gasteiger partial charge is 0.347 e. The average molecular weight is 302 g/mol. The molecule has 2 fully saturated rings. The van der Waals surface area contributed by atoms with Crippen molar-refractivity contribution in [1.29, 1.82) is 0 Å². The molecule has 0 atom stereocenters. The van der Waals surface area contributed by atoms with Crippen LogP contribution in [0, 0.1) is 6.92 Å². The van der Waals surface area contributed by atoms with E-state index >= 15 is 0 Å². The first-order valence-electron chi connectivity index (χ1n) is 6.41. The van der Waals surface area contributed by atoms with E-state index in [1.807, 2.05) is 11.6 Å². The first kappa shape index (κ1) is 13.5. The van der Waals surface area contributed by atoms with Gasteiger partial charge in [-0.05, 0) is 19.8 Å². The molecule has 1 aliphatic heterocycles. The monoisotopic (exact) mass is 302 g/mol. The zero-order valence-corrected chi connectivity index (χ0v) is 11.7. The maximum atomic E-state index is 12.6. The number of amides is 1. The zero-order chi connectivity index (χ0) is 14.5. The van der Waals surface area contributed by atoms with Crippen LogP contribution in [0.25, 0.3) is 0 Å². The van der Waals surface area contributed by atoms with Crippen LogP contribution in [0.5, 0.6) is 0 Å². The van der Waals surface area contributed by atoms with Crippen LogP contribution in [-0.4, -0.2) is 47.5 Å². The molecule has 1 aliphatic carbocycles. The molecular weight excluding hydrogens is 287 g/mol. The number of carbonyl (C=O) groups excluding carboxylic acids is 1. The standard InChI is InChI=1S/C11H15FN4O3S/c1-7-10(4-13-16(7)9-2-3-9)11(17)14-8-5-15(6-8)20(12,18)19/h4,8-9H,2-3,5-6H2,1H3,(H,14,17). The van der Waals surface area contributed by atoms with Gasteiger partial charge in [-0.15, -0.1) is 0 Å². The molecule has 0 radical (unpaired) electrons. The van der Waals surface area contributed by atoms with Crippen molar-refractivity contribution in [2.24, 2.45) is 0 Å². The Balaban J connectivity index is 1.61. The van der Waals surface area contributed by atoms with Crippen molar-refractivity contribution in [2.75, 3.05) is 13.1 Å². The van der Waals surface area contributed by atoms with Crippen molar-refractivity contribution >= 4 is 16.3 Å². The molecule has 7 nitrogen and oxygen atoms in total. The lowest BCUT2D eigenvalue weighted by molar-refractivity contribution is 0.0892. The molecule has 1 N–H and O–H groups in total. The van der Waals surface area contributed by atoms with Crippen molar-refractivity contribution in [3.8, 4) is 0 Å². The van der Waals surface area contributed by atoms with E-state index in [1.54, 1.807) is 0 Å². The van der Waals surface area contributed by atoms with Crippen molar-refractivity contribution in [2.45, 2.75) is 31.8 Å². The number of nitrogens with zero attached hydrogens (tertiary/aromatic N) is 3. The van der Waals surface area contributed by atoms with Gasteiger partial charge in [-0.3, -0.25) is 9.48 Å². The number of aromatic nitrogens is 2. The molecule has 3 rings (SSSR count). The maximum Gasteiger partial charge on any atom is 0.374 e. The Labute approximate surface area is 116 Å². The summed E-state index contributed by atoms with van der Waals surface area (Å²) in [6, 6.07) is 0.0455. The quantitative estimate of drug-likeness (QED) is 0.803. The third-order valence-corrected chi connectivity index (χ3v) is 4.59. The lowest BCUT2D eigenvalue weighted by atomic mass is 10.1. The Kier molecular flexibility index (Phi) is 3.05. The Hall–Kier alpha value is -1.48. The second kappa shape index (κ2) is 4.52. The number of hydrogen-bond acceptors (Lipinski definition) is 4. The van der Waals surface area contributed by atoms with Crippen molar-refractivity contribution in [3.63, 3.8) is 0 Å². The van der Waals surface area contributed by atoms with Gasteiger partial charge in [0.05, 0.1) is 23.8 Å². The summed E-state index contributed by atoms with van der Waals surface area (Å²) >= 11 is 0. The van der Waals surface area contributed by atoms with Crippen LogP contribution >= 0.6 is 0 Å². The van der Waals surface area contributed by atoms with Crippen LogP contribution in [0.2, 0.25) is 0 Å². The Bertz CT molecular complexity index is 647. The summed E-state index contributed by atoms with van der Waals surface area (Å²) in [5, 5.41) is 6.88. The van der Waals surface area contributed by atoms with E-state index in [-0.39, 0.29) is 25.0 Å². The molecule has 2 heterocycles. The van der Waals surface area contributed by atoms with Crippen LogP contribution in [0.15, 0.2) is 6.20 Å². The predicted molar refractivity (Wildman–Crippen MR) is 68.1 cm³/mol. The molecule has 0 unspecified atom stereocenters. The minimum Gasteiger partial charge on any atom is -0.347 e. The fourth-order valence-electron chi connectivity index (χ4n) is 2.30. The highest BCUT2D eigenvalue weighted by Crippen LogP contribution is 2.35. The number of nitrogens with one attached hydrogen (secondary N) is 1. The van der Waals surface area contributed by atoms with Crippen molar-refractivity contribution in [1.82, 2.24) is 19.4 Å². The van der Waals surface area contributed by atoms with E-state index in [1.165, 1.54) is 6.20 Å². The minimum absolute atomic E-state index is 0.0274. The molecule has 1 saturated heterocycles. The largest absolute Gasteiger partial charge is 0.374 e. The summed E-state index contributed by atoms with van der Waals surface area (Å²) in [6.07, 6.45) is 3.68. The third-order valence-electron chi connectivity index (χ3n) is 3.67. The third kappa shape index (κ3) is 2.42. The van der Waals surface area contributed by atoms with Gasteiger partial charge >= 0.3 is 10.4 Å². The molecule has 1 saturated carbocycles. The Morgan fingerprint density at radius 2 is 2.10 bits per heavy atom. The van der Waals surface area contributed by atoms with Gasteiger partial charge < -0.3 is 5.32 Å². The van der Waals surface area contributed by atoms with E-state index in [2.05, 4.69) is 10.4 Å². The highest BCUT2D eigenvalue weighted by molar-refractivity contribution is 7.84. The predicted octanol–water partition coefficient (Wildman–Crippen LogP) is 0.155. The molecule has 1 aromatic rings. The first-order chi connectivity index (χ1) is 9.36. The number of halogens is 1. The summed E-state index contributed by atoms with van der Waals surface area (Å²) in [6.45, 7) is 1.78. The first-order valence-corrected chi connectivity index (χ1v) is 7.75. The number of carbonyl (C=O) groups is 1. The van der Waals surface area contributed by atoms with Gasteiger partial charge in [-0.25, -0.2) is 0 Å². The molecule has 20 heavy (non-hydrogen) atoms. The lowest BCUT2D eigenvalue weighted by Crippen LogP contribution is -2.60. The molecule has 0 spiro atoms. The van der Waals surface area contributed by atoms with Gasteiger partial charge in [0.25, 0.3) is 5.91 Å². The van der Waals surface area contributed by atoms with Gasteiger partial charge in [-0.1, -0.05) is 3.89 Å². The van der Waals surface area contributed by atoms with E-state index in [4.69, 9.17) is 0 Å². The van der Waals surface area contributed by atoms with Gasteiger partial charge in [0.2, 0.25) is 0 Å². The second-order valence-corrected chi connectivity index (χ2v) is 6.59. The topological polar surface area (TPSA) is 84.3 Å². The number of hydrogen-bond donors (Lipinski definition) is 1. The van der Waals surface area contributed by atoms with Crippen LogP contribution in [0.3, 0.4) is 0 Å². The summed E-state index contributed by atoms with van der Waals surface area (Å²) in [5.74, 6) is -0.296. The fourth-order valence-corrected chi connectivity index (χ4v) is 3.02. The van der Waals surface area contributed by atoms with Gasteiger partial charge in [0.1, 0.15) is 0 Å². The summed E-state index contributed by atoms with van der Waals surface area (Å²) < 4.78 is 36.3. The maximum absolute atomic E-state index is 12.6. The van der Waals surface area contributed by atoms with Crippen LogP contribution in [-0.2, 0) is 10.4 Å². The summed E-state index contributed by atoms with van der Waals surface area (Å²) in [5.41, 5.74) is 1.29. The van der Waals surface area contributed by atoms with Gasteiger partial charge in [0, 0.05) is 18.8 Å². The highest BCUT2D eigenvalue weighted by atomic mass is 32.3. The molecule has 2 aliphatic rings. The molecule has 110 valence electrons. The molecule has 1 amide bonds. The lowest BCUT2D eigenvalue weighted by Gasteiger charge is -2.35. The molecule has 0 bridgehead atoms. The van der Waals surface area contributed by atoms with E-state index in [0.717, 1.165) is 18.5 Å². The molecule has 9 heteroatoms. The van der Waals surface area contributed by atoms with Crippen molar-refractivity contribution in [3.05, 3.63) is 17.5 Å². The Morgan fingerprint density at radius 3 is 2.65 bits per heavy atom. The van der Waals surface area contributed by atoms with E-state index in [9.17, 15) is 17.1 Å². The van der Waals surface area contributed by atoms with E-state index in [0.29, 0.717) is 15.9 Å². The SMILES string of the molecule is Cc1c(C(=O)NC2CN(S(=O)(=O)F)C2)cnn1C1CC1. The molecule has 1 aromatic heterocycles. The summed E-state index contributed by atoms with van der Waals surface area (Å²) in [4.78, 5) is 12.1. The second-order valence-electron chi connectivity index (χ2n) is 5.25. The summed E-state index contributed by atoms with van der Waals surface area (Å²) in [7, 11) is -4.64. The average Bonchev–Trinajstić information content (AvgIpc) is 3.05. The normalized spacial score (nSPS) is 20.7. The zero-order valence-electron chi connectivity index (χ0n) is 10.9. The molecular formula is C11H15FN4O3S. The van der Waals surface area contributed by atoms with Crippen molar-refractivity contribution < 1.29 is 17.1 Å². The van der Waals surface area contributed by atoms with Gasteiger partial charge in [-0.2, -0.15) is 17.8 Å². The van der Waals surface area contributed by atoms with Crippen LogP contribution in [0.1, 0.15) is 34.9 Å². The highest BCUT2D eigenvalue weighted by Gasteiger charge is 2.37. The number of rotatable bonds is 4. The molecule has 0 aromatic carbocycles. The minimum atomic E-state index is -4.64. The Morgan fingerprint density at radius 1 is 1.45 bits per heavy atom. The van der Waals surface area contributed by atoms with E-state index < -0.39 is 10.4 Å². The van der Waals surface area contributed by atoms with Crippen LogP contribution in [0.4, 0.5) is 3.89 Å².